The highest BCUT2D eigenvalue weighted by Crippen LogP contribution is 2.30. The van der Waals surface area contributed by atoms with Gasteiger partial charge in [-0.05, 0) is 24.3 Å². The lowest BCUT2D eigenvalue weighted by Gasteiger charge is -2.26. The Bertz CT molecular complexity index is 793. The van der Waals surface area contributed by atoms with E-state index in [1.807, 2.05) is 12.1 Å². The van der Waals surface area contributed by atoms with E-state index in [0.717, 1.165) is 6.07 Å². The molecule has 1 heterocycles. The summed E-state index contributed by atoms with van der Waals surface area (Å²) in [6, 6.07) is 11.2. The van der Waals surface area contributed by atoms with Gasteiger partial charge in [0.25, 0.3) is 11.6 Å². The van der Waals surface area contributed by atoms with Crippen molar-refractivity contribution in [3.63, 3.8) is 0 Å². The summed E-state index contributed by atoms with van der Waals surface area (Å²) < 4.78 is 11.3. The van der Waals surface area contributed by atoms with Crippen molar-refractivity contribution in [1.29, 1.82) is 0 Å². The van der Waals surface area contributed by atoms with Crippen LogP contribution in [0.2, 0.25) is 0 Å². The Morgan fingerprint density at radius 3 is 2.79 bits per heavy atom. The number of hydrogen-bond donors (Lipinski definition) is 2. The van der Waals surface area contributed by atoms with E-state index in [9.17, 15) is 14.9 Å². The van der Waals surface area contributed by atoms with Crippen LogP contribution in [0.3, 0.4) is 0 Å². The van der Waals surface area contributed by atoms with Crippen molar-refractivity contribution in [3.8, 4) is 11.5 Å². The third kappa shape index (κ3) is 3.22. The van der Waals surface area contributed by atoms with Gasteiger partial charge in [-0.1, -0.05) is 12.1 Å². The fourth-order valence-electron chi connectivity index (χ4n) is 2.32. The van der Waals surface area contributed by atoms with E-state index < -0.39 is 10.8 Å². The number of nitrogen functional groups attached to an aromatic ring is 1. The molecule has 2 aromatic rings. The van der Waals surface area contributed by atoms with Gasteiger partial charge in [-0.3, -0.25) is 14.9 Å². The average molecular weight is 329 g/mol. The quantitative estimate of drug-likeness (QED) is 0.501. The molecule has 0 unspecified atom stereocenters. The first-order chi connectivity index (χ1) is 11.5. The zero-order chi connectivity index (χ0) is 17.1. The number of hydrogen-bond acceptors (Lipinski definition) is 6. The number of carbonyl (C=O) groups excluding carboxylic acids is 1. The Morgan fingerprint density at radius 2 is 2.04 bits per heavy atom. The summed E-state index contributed by atoms with van der Waals surface area (Å²) in [4.78, 5) is 22.4. The van der Waals surface area contributed by atoms with E-state index in [-0.39, 0.29) is 29.6 Å². The molecule has 3 N–H and O–H groups in total. The number of fused-ring (bicyclic) bond motifs is 1. The number of anilines is 1. The van der Waals surface area contributed by atoms with E-state index in [1.54, 1.807) is 12.1 Å². The van der Waals surface area contributed by atoms with Gasteiger partial charge in [-0.25, -0.2) is 0 Å². The molecule has 124 valence electrons. The predicted octanol–water partition coefficient (Wildman–Crippen LogP) is 1.75. The molecule has 1 atom stereocenters. The van der Waals surface area contributed by atoms with Gasteiger partial charge in [0, 0.05) is 11.6 Å². The summed E-state index contributed by atoms with van der Waals surface area (Å²) in [5.74, 6) is 0.834. The van der Waals surface area contributed by atoms with Crippen LogP contribution in [-0.4, -0.2) is 30.1 Å². The zero-order valence-electron chi connectivity index (χ0n) is 12.6. The minimum atomic E-state index is -0.624. The van der Waals surface area contributed by atoms with Crippen LogP contribution < -0.4 is 20.5 Å². The molecule has 8 heteroatoms. The molecule has 0 bridgehead atoms. The number of carbonyl (C=O) groups is 1. The highest BCUT2D eigenvalue weighted by molar-refractivity contribution is 5.95. The SMILES string of the molecule is Nc1ccc(C(=O)NC[C@@H]2COc3ccccc3O2)cc1[N+](=O)[O-]. The summed E-state index contributed by atoms with van der Waals surface area (Å²) >= 11 is 0. The summed E-state index contributed by atoms with van der Waals surface area (Å²) in [6.45, 7) is 0.518. The van der Waals surface area contributed by atoms with Gasteiger partial charge < -0.3 is 20.5 Å². The molecule has 0 aromatic heterocycles. The van der Waals surface area contributed by atoms with E-state index >= 15 is 0 Å². The van der Waals surface area contributed by atoms with Crippen molar-refractivity contribution < 1.29 is 19.2 Å². The number of nitrogens with zero attached hydrogens (tertiary/aromatic N) is 1. The molecule has 8 nitrogen and oxygen atoms in total. The maximum absolute atomic E-state index is 12.1. The number of benzene rings is 2. The number of amides is 1. The Kier molecular flexibility index (Phi) is 4.19. The molecule has 1 aliphatic heterocycles. The lowest BCUT2D eigenvalue weighted by molar-refractivity contribution is -0.383. The zero-order valence-corrected chi connectivity index (χ0v) is 12.6. The van der Waals surface area contributed by atoms with Gasteiger partial charge in [0.15, 0.2) is 11.5 Å². The van der Waals surface area contributed by atoms with Crippen molar-refractivity contribution in [1.82, 2.24) is 5.32 Å². The topological polar surface area (TPSA) is 117 Å². The van der Waals surface area contributed by atoms with Gasteiger partial charge in [0.05, 0.1) is 11.5 Å². The molecule has 2 aromatic carbocycles. The van der Waals surface area contributed by atoms with E-state index in [2.05, 4.69) is 5.32 Å². The van der Waals surface area contributed by atoms with Crippen LogP contribution in [0.25, 0.3) is 0 Å². The van der Waals surface area contributed by atoms with Crippen LogP contribution in [0, 0.1) is 10.1 Å². The number of para-hydroxylation sites is 2. The van der Waals surface area contributed by atoms with Crippen LogP contribution in [0.15, 0.2) is 42.5 Å². The van der Waals surface area contributed by atoms with Crippen LogP contribution in [0.1, 0.15) is 10.4 Å². The molecule has 0 radical (unpaired) electrons. The number of nitro groups is 1. The second-order valence-electron chi connectivity index (χ2n) is 5.24. The fraction of sp³-hybridized carbons (Fsp3) is 0.188. The monoisotopic (exact) mass is 329 g/mol. The standard InChI is InChI=1S/C16H15N3O5/c17-12-6-5-10(7-13(12)19(21)22)16(20)18-8-11-9-23-14-3-1-2-4-15(14)24-11/h1-7,11H,8-9,17H2,(H,18,20)/t11-/m1/s1. The van der Waals surface area contributed by atoms with Crippen molar-refractivity contribution >= 4 is 17.3 Å². The minimum absolute atomic E-state index is 0.0113. The molecule has 1 amide bonds. The highest BCUT2D eigenvalue weighted by Gasteiger charge is 2.22. The van der Waals surface area contributed by atoms with Crippen LogP contribution in [0.5, 0.6) is 11.5 Å². The van der Waals surface area contributed by atoms with Crippen molar-refractivity contribution in [2.45, 2.75) is 6.10 Å². The second kappa shape index (κ2) is 6.45. The normalized spacial score (nSPS) is 15.6. The van der Waals surface area contributed by atoms with Crippen LogP contribution in [0.4, 0.5) is 11.4 Å². The average Bonchev–Trinajstić information content (AvgIpc) is 2.59. The van der Waals surface area contributed by atoms with E-state index in [4.69, 9.17) is 15.2 Å². The maximum atomic E-state index is 12.1. The largest absolute Gasteiger partial charge is 0.486 e. The summed E-state index contributed by atoms with van der Waals surface area (Å²) in [5.41, 5.74) is 5.39. The number of ether oxygens (including phenoxy) is 2. The van der Waals surface area contributed by atoms with Crippen LogP contribution in [-0.2, 0) is 0 Å². The Labute approximate surface area is 137 Å². The van der Waals surface area contributed by atoms with Gasteiger partial charge in [0.2, 0.25) is 0 Å². The fourth-order valence-corrected chi connectivity index (χ4v) is 2.32. The summed E-state index contributed by atoms with van der Waals surface area (Å²) in [7, 11) is 0. The number of nitrogens with one attached hydrogen (secondary N) is 1. The summed E-state index contributed by atoms with van der Waals surface area (Å²) in [6.07, 6.45) is -0.340. The first-order valence-corrected chi connectivity index (χ1v) is 7.25. The number of nitro benzene ring substituents is 1. The maximum Gasteiger partial charge on any atom is 0.292 e. The summed E-state index contributed by atoms with van der Waals surface area (Å²) in [5, 5.41) is 13.6. The number of nitrogens with two attached hydrogens (primary N) is 1. The van der Waals surface area contributed by atoms with Crippen LogP contribution >= 0.6 is 0 Å². The van der Waals surface area contributed by atoms with Crippen molar-refractivity contribution in [3.05, 3.63) is 58.1 Å². The molecule has 0 fully saturated rings. The molecule has 0 saturated carbocycles. The molecule has 0 saturated heterocycles. The van der Waals surface area contributed by atoms with Gasteiger partial charge >= 0.3 is 0 Å². The third-order valence-corrected chi connectivity index (χ3v) is 3.55. The Morgan fingerprint density at radius 1 is 1.29 bits per heavy atom. The first kappa shape index (κ1) is 15.6. The van der Waals surface area contributed by atoms with Gasteiger partial charge in [-0.15, -0.1) is 0 Å². The Balaban J connectivity index is 1.62. The third-order valence-electron chi connectivity index (χ3n) is 3.55. The van der Waals surface area contributed by atoms with Crippen molar-refractivity contribution in [2.24, 2.45) is 0 Å². The highest BCUT2D eigenvalue weighted by atomic mass is 16.6. The predicted molar refractivity (Wildman–Crippen MR) is 86.2 cm³/mol. The van der Waals surface area contributed by atoms with Gasteiger partial charge in [0.1, 0.15) is 18.4 Å². The molecular weight excluding hydrogens is 314 g/mol. The first-order valence-electron chi connectivity index (χ1n) is 7.25. The lowest BCUT2D eigenvalue weighted by atomic mass is 10.1. The van der Waals surface area contributed by atoms with Gasteiger partial charge in [-0.2, -0.15) is 0 Å². The second-order valence-corrected chi connectivity index (χ2v) is 5.24. The number of rotatable bonds is 4. The molecule has 0 aliphatic carbocycles. The lowest BCUT2D eigenvalue weighted by Crippen LogP contribution is -2.40. The molecule has 24 heavy (non-hydrogen) atoms. The molecule has 1 aliphatic rings. The van der Waals surface area contributed by atoms with E-state index in [0.29, 0.717) is 18.1 Å². The smallest absolute Gasteiger partial charge is 0.292 e. The Hall–Kier alpha value is -3.29. The molecular formula is C16H15N3O5. The van der Waals surface area contributed by atoms with Crippen molar-refractivity contribution in [2.75, 3.05) is 18.9 Å². The molecule has 3 rings (SSSR count). The molecule has 0 spiro atoms. The van der Waals surface area contributed by atoms with E-state index in [1.165, 1.54) is 12.1 Å². The minimum Gasteiger partial charge on any atom is -0.486 e.